The van der Waals surface area contributed by atoms with Crippen molar-refractivity contribution >= 4 is 22.1 Å². The summed E-state index contributed by atoms with van der Waals surface area (Å²) in [5, 5.41) is 8.40. The minimum atomic E-state index is -0.284. The van der Waals surface area contributed by atoms with E-state index in [4.69, 9.17) is 9.72 Å². The zero-order chi connectivity index (χ0) is 26.2. The lowest BCUT2D eigenvalue weighted by atomic mass is 10.0. The van der Waals surface area contributed by atoms with Gasteiger partial charge in [0, 0.05) is 28.9 Å². The van der Waals surface area contributed by atoms with Crippen molar-refractivity contribution in [1.29, 1.82) is 0 Å². The fraction of sp³-hybridized carbons (Fsp3) is 0.0323. The Morgan fingerprint density at radius 1 is 0.846 bits per heavy atom. The highest BCUT2D eigenvalue weighted by Crippen LogP contribution is 2.34. The number of benzene rings is 2. The Bertz CT molecular complexity index is 1950. The van der Waals surface area contributed by atoms with Crippen LogP contribution in [0.25, 0.3) is 55.8 Å². The molecule has 0 aliphatic rings. The zero-order valence-corrected chi connectivity index (χ0v) is 20.6. The largest absolute Gasteiger partial charge is 0.487 e. The van der Waals surface area contributed by atoms with E-state index in [2.05, 4.69) is 25.1 Å². The molecule has 0 radical (unpaired) electrons. The second-order valence-electron chi connectivity index (χ2n) is 9.13. The van der Waals surface area contributed by atoms with Crippen LogP contribution in [-0.4, -0.2) is 30.1 Å². The van der Waals surface area contributed by atoms with Gasteiger partial charge in [-0.2, -0.15) is 5.10 Å². The average molecular weight is 513 g/mol. The van der Waals surface area contributed by atoms with E-state index in [-0.39, 0.29) is 5.82 Å². The molecule has 2 N–H and O–H groups in total. The number of nitrogens with one attached hydrogen (secondary N) is 2. The number of hydrogen-bond donors (Lipinski definition) is 2. The number of halogens is 1. The molecule has 0 amide bonds. The number of rotatable bonds is 6. The lowest BCUT2D eigenvalue weighted by Gasteiger charge is -2.08. The molecule has 39 heavy (non-hydrogen) atoms. The summed E-state index contributed by atoms with van der Waals surface area (Å²) < 4.78 is 20.6. The van der Waals surface area contributed by atoms with E-state index in [1.54, 1.807) is 30.7 Å². The number of aromatic nitrogens is 6. The second kappa shape index (κ2) is 9.50. The number of fused-ring (bicyclic) bond motifs is 2. The molecular formula is C31H21FN6O. The fourth-order valence-electron chi connectivity index (χ4n) is 4.70. The van der Waals surface area contributed by atoms with Crippen molar-refractivity contribution in [3.05, 3.63) is 115 Å². The van der Waals surface area contributed by atoms with Crippen LogP contribution in [0.1, 0.15) is 5.56 Å². The van der Waals surface area contributed by atoms with E-state index in [0.29, 0.717) is 34.8 Å². The van der Waals surface area contributed by atoms with Gasteiger partial charge < -0.3 is 9.72 Å². The summed E-state index contributed by atoms with van der Waals surface area (Å²) in [5.41, 5.74) is 7.43. The predicted molar refractivity (Wildman–Crippen MR) is 148 cm³/mol. The van der Waals surface area contributed by atoms with Crippen LogP contribution in [0.3, 0.4) is 0 Å². The van der Waals surface area contributed by atoms with E-state index in [1.165, 1.54) is 6.07 Å². The second-order valence-corrected chi connectivity index (χ2v) is 9.13. The molecule has 0 bridgehead atoms. The molecule has 7 rings (SSSR count). The molecular weight excluding hydrogens is 491 g/mol. The number of aromatic amines is 2. The molecule has 0 atom stereocenters. The molecule has 7 aromatic rings. The highest BCUT2D eigenvalue weighted by atomic mass is 19.1. The summed E-state index contributed by atoms with van der Waals surface area (Å²) in [6.45, 7) is 0.452. The summed E-state index contributed by atoms with van der Waals surface area (Å²) in [5.74, 6) is 0.376. The summed E-state index contributed by atoms with van der Waals surface area (Å²) in [4.78, 5) is 17.1. The first-order valence-corrected chi connectivity index (χ1v) is 12.4. The molecule has 2 aromatic carbocycles. The van der Waals surface area contributed by atoms with Gasteiger partial charge in [0.05, 0.1) is 23.1 Å². The maximum atomic E-state index is 14.6. The van der Waals surface area contributed by atoms with Gasteiger partial charge in [-0.25, -0.2) is 14.4 Å². The Labute approximate surface area is 222 Å². The standard InChI is InChI=1S/C31H21FN6O/c32-25-9-5-4-8-23(25)22-12-13-34-31-24(22)15-28(36-31)30-29-27(37-38-30)11-10-26(35-29)20-14-21(17-33-16-20)39-18-19-6-2-1-3-7-19/h1-17H,18H2,(H,34,36)(H,37,38). The van der Waals surface area contributed by atoms with Gasteiger partial charge in [0.15, 0.2) is 0 Å². The Hall–Kier alpha value is -5.37. The van der Waals surface area contributed by atoms with Gasteiger partial charge in [-0.15, -0.1) is 0 Å². The lowest BCUT2D eigenvalue weighted by molar-refractivity contribution is 0.305. The van der Waals surface area contributed by atoms with Crippen LogP contribution in [0.15, 0.2) is 104 Å². The quantitative estimate of drug-likeness (QED) is 0.252. The summed E-state index contributed by atoms with van der Waals surface area (Å²) in [7, 11) is 0. The number of hydrogen-bond acceptors (Lipinski definition) is 5. The smallest absolute Gasteiger partial charge is 0.138 e. The third-order valence-corrected chi connectivity index (χ3v) is 6.62. The van der Waals surface area contributed by atoms with Crippen molar-refractivity contribution < 1.29 is 9.13 Å². The SMILES string of the molecule is Fc1ccccc1-c1ccnc2[nH]c(-c3n[nH]c4ccc(-c5cncc(OCc6ccccc6)c5)nc34)cc12. The van der Waals surface area contributed by atoms with Crippen LogP contribution >= 0.6 is 0 Å². The Kier molecular flexibility index (Phi) is 5.55. The monoisotopic (exact) mass is 512 g/mol. The van der Waals surface area contributed by atoms with E-state index in [0.717, 1.165) is 39.0 Å². The molecule has 188 valence electrons. The van der Waals surface area contributed by atoms with Crippen molar-refractivity contribution in [2.75, 3.05) is 0 Å². The van der Waals surface area contributed by atoms with Gasteiger partial charge >= 0.3 is 0 Å². The molecule has 5 aromatic heterocycles. The summed E-state index contributed by atoms with van der Waals surface area (Å²) in [6, 6.07) is 26.3. The van der Waals surface area contributed by atoms with Crippen LogP contribution in [0.4, 0.5) is 4.39 Å². The zero-order valence-electron chi connectivity index (χ0n) is 20.6. The number of nitrogens with zero attached hydrogens (tertiary/aromatic N) is 4. The summed E-state index contributed by atoms with van der Waals surface area (Å²) >= 11 is 0. The van der Waals surface area contributed by atoms with Crippen LogP contribution < -0.4 is 4.74 Å². The first-order chi connectivity index (χ1) is 19.2. The minimum Gasteiger partial charge on any atom is -0.487 e. The molecule has 0 saturated heterocycles. The molecule has 0 saturated carbocycles. The predicted octanol–water partition coefficient (Wildman–Crippen LogP) is 6.95. The highest BCUT2D eigenvalue weighted by molar-refractivity contribution is 5.99. The van der Waals surface area contributed by atoms with Gasteiger partial charge in [-0.3, -0.25) is 10.1 Å². The maximum Gasteiger partial charge on any atom is 0.138 e. The number of ether oxygens (including phenoxy) is 1. The highest BCUT2D eigenvalue weighted by Gasteiger charge is 2.17. The van der Waals surface area contributed by atoms with E-state index in [1.807, 2.05) is 66.7 Å². The topological polar surface area (TPSA) is 92.4 Å². The van der Waals surface area contributed by atoms with Crippen molar-refractivity contribution in [2.45, 2.75) is 6.61 Å². The van der Waals surface area contributed by atoms with Gasteiger partial charge in [0.2, 0.25) is 0 Å². The third kappa shape index (κ3) is 4.27. The number of pyridine rings is 3. The van der Waals surface area contributed by atoms with Gasteiger partial charge in [-0.1, -0.05) is 48.5 Å². The summed E-state index contributed by atoms with van der Waals surface area (Å²) in [6.07, 6.45) is 5.12. The van der Waals surface area contributed by atoms with Gasteiger partial charge in [0.1, 0.15) is 35.0 Å². The van der Waals surface area contributed by atoms with Crippen LogP contribution in [-0.2, 0) is 6.61 Å². The van der Waals surface area contributed by atoms with Crippen molar-refractivity contribution in [3.63, 3.8) is 0 Å². The van der Waals surface area contributed by atoms with E-state index < -0.39 is 0 Å². The lowest BCUT2D eigenvalue weighted by Crippen LogP contribution is -1.96. The molecule has 8 heteroatoms. The third-order valence-electron chi connectivity index (χ3n) is 6.62. The van der Waals surface area contributed by atoms with Crippen LogP contribution in [0.2, 0.25) is 0 Å². The van der Waals surface area contributed by atoms with Gasteiger partial charge in [-0.05, 0) is 47.5 Å². The molecule has 0 aliphatic carbocycles. The maximum absolute atomic E-state index is 14.6. The minimum absolute atomic E-state index is 0.284. The average Bonchev–Trinajstić information content (AvgIpc) is 3.61. The molecule has 7 nitrogen and oxygen atoms in total. The molecule has 0 fully saturated rings. The first kappa shape index (κ1) is 22.8. The molecule has 0 aliphatic heterocycles. The fourth-order valence-corrected chi connectivity index (χ4v) is 4.70. The normalized spacial score (nSPS) is 11.3. The van der Waals surface area contributed by atoms with E-state index in [9.17, 15) is 4.39 Å². The number of H-pyrrole nitrogens is 2. The molecule has 0 unspecified atom stereocenters. The van der Waals surface area contributed by atoms with Crippen LogP contribution in [0.5, 0.6) is 5.75 Å². The first-order valence-electron chi connectivity index (χ1n) is 12.4. The Balaban J connectivity index is 1.25. The van der Waals surface area contributed by atoms with Crippen LogP contribution in [0, 0.1) is 5.82 Å². The molecule has 0 spiro atoms. The molecule has 5 heterocycles. The Morgan fingerprint density at radius 3 is 2.62 bits per heavy atom. The van der Waals surface area contributed by atoms with Crippen molar-refractivity contribution in [3.8, 4) is 39.5 Å². The van der Waals surface area contributed by atoms with E-state index >= 15 is 0 Å². The van der Waals surface area contributed by atoms with Gasteiger partial charge in [0.25, 0.3) is 0 Å². The van der Waals surface area contributed by atoms with Crippen molar-refractivity contribution in [2.24, 2.45) is 0 Å². The van der Waals surface area contributed by atoms with Crippen molar-refractivity contribution in [1.82, 2.24) is 30.1 Å². The Morgan fingerprint density at radius 2 is 1.72 bits per heavy atom.